The molecule has 0 atom stereocenters. The van der Waals surface area contributed by atoms with E-state index in [9.17, 15) is 5.11 Å². The molecule has 4 heteroatoms. The second kappa shape index (κ2) is 3.76. The molecule has 1 heterocycles. The number of ether oxygens (including phenoxy) is 1. The summed E-state index contributed by atoms with van der Waals surface area (Å²) in [4.78, 5) is 4.15. The van der Waals surface area contributed by atoms with Crippen molar-refractivity contribution in [3.8, 4) is 5.88 Å². The van der Waals surface area contributed by atoms with E-state index in [1.807, 2.05) is 0 Å². The summed E-state index contributed by atoms with van der Waals surface area (Å²) in [6.45, 7) is 3.49. The first-order chi connectivity index (χ1) is 6.97. The molecule has 1 aliphatic carbocycles. The molecule has 1 fully saturated rings. The summed E-state index contributed by atoms with van der Waals surface area (Å²) >= 11 is 3.37. The van der Waals surface area contributed by atoms with Crippen LogP contribution >= 0.6 is 15.9 Å². The number of aromatic nitrogens is 1. The van der Waals surface area contributed by atoms with E-state index in [1.165, 1.54) is 0 Å². The van der Waals surface area contributed by atoms with Crippen LogP contribution in [0.1, 0.15) is 32.3 Å². The molecule has 1 aromatic rings. The Kier molecular flexibility index (Phi) is 2.73. The van der Waals surface area contributed by atoms with Crippen molar-refractivity contribution in [2.45, 2.75) is 38.4 Å². The molecule has 0 amide bonds. The van der Waals surface area contributed by atoms with E-state index in [0.29, 0.717) is 12.0 Å². The van der Waals surface area contributed by atoms with Gasteiger partial charge in [0.15, 0.2) is 0 Å². The summed E-state index contributed by atoms with van der Waals surface area (Å²) in [6.07, 6.45) is 4.21. The normalized spacial score (nSPS) is 16.5. The lowest BCUT2D eigenvalue weighted by Gasteiger charge is -2.19. The van der Waals surface area contributed by atoms with Crippen LogP contribution < -0.4 is 4.74 Å². The Morgan fingerprint density at radius 1 is 1.53 bits per heavy atom. The Bertz CT molecular complexity index is 369. The van der Waals surface area contributed by atoms with E-state index >= 15 is 0 Å². The summed E-state index contributed by atoms with van der Waals surface area (Å²) in [5.41, 5.74) is -0.0863. The zero-order valence-corrected chi connectivity index (χ0v) is 10.4. The smallest absolute Gasteiger partial charge is 0.213 e. The summed E-state index contributed by atoms with van der Waals surface area (Å²) in [7, 11) is 0. The average Bonchev–Trinajstić information content (AvgIpc) is 2.90. The van der Waals surface area contributed by atoms with Gasteiger partial charge in [-0.25, -0.2) is 4.98 Å². The molecule has 1 saturated carbocycles. The first kappa shape index (κ1) is 10.9. The predicted molar refractivity (Wildman–Crippen MR) is 60.8 cm³/mol. The molecule has 1 aromatic heterocycles. The molecule has 0 unspecified atom stereocenters. The highest BCUT2D eigenvalue weighted by Crippen LogP contribution is 2.32. The summed E-state index contributed by atoms with van der Waals surface area (Å²) in [5, 5.41) is 9.93. The standard InChI is InChI=1S/C11H14BrNO2/c1-11(2,14)8-5-10(13-6-9(8)12)15-7-3-4-7/h5-7,14H,3-4H2,1-2H3. The number of nitrogens with zero attached hydrogens (tertiary/aromatic N) is 1. The van der Waals surface area contributed by atoms with Crippen molar-refractivity contribution in [1.82, 2.24) is 4.98 Å². The van der Waals surface area contributed by atoms with Crippen LogP contribution in [-0.2, 0) is 5.60 Å². The second-order valence-corrected chi connectivity index (χ2v) is 5.23. The van der Waals surface area contributed by atoms with E-state index in [0.717, 1.165) is 22.9 Å². The molecule has 3 nitrogen and oxygen atoms in total. The van der Waals surface area contributed by atoms with Crippen molar-refractivity contribution in [2.75, 3.05) is 0 Å². The van der Waals surface area contributed by atoms with Crippen LogP contribution in [0.25, 0.3) is 0 Å². The molecule has 15 heavy (non-hydrogen) atoms. The highest BCUT2D eigenvalue weighted by molar-refractivity contribution is 9.10. The van der Waals surface area contributed by atoms with E-state index in [1.54, 1.807) is 26.1 Å². The first-order valence-corrected chi connectivity index (χ1v) is 5.81. The van der Waals surface area contributed by atoms with Gasteiger partial charge in [0.2, 0.25) is 5.88 Å². The van der Waals surface area contributed by atoms with Gasteiger partial charge < -0.3 is 9.84 Å². The molecule has 0 spiro atoms. The Hall–Kier alpha value is -0.610. The predicted octanol–water partition coefficient (Wildman–Crippen LogP) is 2.61. The van der Waals surface area contributed by atoms with Crippen LogP contribution in [0.3, 0.4) is 0 Å². The summed E-state index contributed by atoms with van der Waals surface area (Å²) in [5.74, 6) is 0.595. The van der Waals surface area contributed by atoms with E-state index in [2.05, 4.69) is 20.9 Å². The number of rotatable bonds is 3. The summed E-state index contributed by atoms with van der Waals surface area (Å²) < 4.78 is 6.38. The molecule has 0 aliphatic heterocycles. The molecule has 0 bridgehead atoms. The van der Waals surface area contributed by atoms with E-state index < -0.39 is 5.60 Å². The third-order valence-corrected chi connectivity index (χ3v) is 2.93. The minimum absolute atomic E-state index is 0.327. The fourth-order valence-corrected chi connectivity index (χ4v) is 2.01. The van der Waals surface area contributed by atoms with Gasteiger partial charge in [-0.2, -0.15) is 0 Å². The zero-order chi connectivity index (χ0) is 11.1. The lowest BCUT2D eigenvalue weighted by Crippen LogP contribution is -2.16. The maximum absolute atomic E-state index is 9.93. The maximum atomic E-state index is 9.93. The molecule has 0 saturated heterocycles. The van der Waals surface area contributed by atoms with Gasteiger partial charge >= 0.3 is 0 Å². The highest BCUT2D eigenvalue weighted by atomic mass is 79.9. The molecule has 0 radical (unpaired) electrons. The van der Waals surface area contributed by atoms with Crippen LogP contribution in [0.2, 0.25) is 0 Å². The molecule has 82 valence electrons. The Morgan fingerprint density at radius 2 is 2.20 bits per heavy atom. The quantitative estimate of drug-likeness (QED) is 0.919. The second-order valence-electron chi connectivity index (χ2n) is 4.38. The average molecular weight is 272 g/mol. The van der Waals surface area contributed by atoms with Crippen LogP contribution in [0.5, 0.6) is 5.88 Å². The molecule has 0 aromatic carbocycles. The van der Waals surface area contributed by atoms with Gasteiger partial charge in [0.25, 0.3) is 0 Å². The highest BCUT2D eigenvalue weighted by Gasteiger charge is 2.26. The lowest BCUT2D eigenvalue weighted by molar-refractivity contribution is 0.0772. The SMILES string of the molecule is CC(C)(O)c1cc(OC2CC2)ncc1Br. The van der Waals surface area contributed by atoms with E-state index in [4.69, 9.17) is 4.74 Å². The van der Waals surface area contributed by atoms with Crippen molar-refractivity contribution in [1.29, 1.82) is 0 Å². The van der Waals surface area contributed by atoms with Crippen LogP contribution in [-0.4, -0.2) is 16.2 Å². The van der Waals surface area contributed by atoms with Crippen LogP contribution in [0, 0.1) is 0 Å². The van der Waals surface area contributed by atoms with Crippen molar-refractivity contribution in [2.24, 2.45) is 0 Å². The van der Waals surface area contributed by atoms with E-state index in [-0.39, 0.29) is 0 Å². The van der Waals surface area contributed by atoms with Gasteiger partial charge in [0.05, 0.1) is 5.60 Å². The first-order valence-electron chi connectivity index (χ1n) is 5.02. The Morgan fingerprint density at radius 3 is 2.73 bits per heavy atom. The molecule has 2 rings (SSSR count). The zero-order valence-electron chi connectivity index (χ0n) is 8.83. The third kappa shape index (κ3) is 2.69. The number of halogens is 1. The summed E-state index contributed by atoms with van der Waals surface area (Å²) in [6, 6.07) is 1.79. The maximum Gasteiger partial charge on any atom is 0.213 e. The van der Waals surface area contributed by atoms with Gasteiger partial charge in [0, 0.05) is 22.3 Å². The number of hydrogen-bond acceptors (Lipinski definition) is 3. The monoisotopic (exact) mass is 271 g/mol. The van der Waals surface area contributed by atoms with Crippen LogP contribution in [0.4, 0.5) is 0 Å². The van der Waals surface area contributed by atoms with Crippen molar-refractivity contribution in [3.05, 3.63) is 22.3 Å². The number of hydrogen-bond donors (Lipinski definition) is 1. The van der Waals surface area contributed by atoms with Crippen molar-refractivity contribution < 1.29 is 9.84 Å². The molecular weight excluding hydrogens is 258 g/mol. The Balaban J connectivity index is 2.27. The van der Waals surface area contributed by atoms with Gasteiger partial charge in [0.1, 0.15) is 6.10 Å². The number of pyridine rings is 1. The Labute approximate surface area is 97.6 Å². The minimum atomic E-state index is -0.885. The largest absolute Gasteiger partial charge is 0.474 e. The van der Waals surface area contributed by atoms with Gasteiger partial charge in [-0.15, -0.1) is 0 Å². The van der Waals surface area contributed by atoms with Gasteiger partial charge in [-0.1, -0.05) is 0 Å². The van der Waals surface area contributed by atoms with Gasteiger partial charge in [-0.3, -0.25) is 0 Å². The fourth-order valence-electron chi connectivity index (χ4n) is 1.31. The minimum Gasteiger partial charge on any atom is -0.474 e. The van der Waals surface area contributed by atoms with Crippen molar-refractivity contribution >= 4 is 15.9 Å². The fraction of sp³-hybridized carbons (Fsp3) is 0.545. The number of aliphatic hydroxyl groups is 1. The van der Waals surface area contributed by atoms with Crippen molar-refractivity contribution in [3.63, 3.8) is 0 Å². The topological polar surface area (TPSA) is 42.4 Å². The van der Waals surface area contributed by atoms with Gasteiger partial charge in [-0.05, 0) is 42.6 Å². The molecular formula is C11H14BrNO2. The van der Waals surface area contributed by atoms with Crippen LogP contribution in [0.15, 0.2) is 16.7 Å². The molecule has 1 N–H and O–H groups in total. The lowest BCUT2D eigenvalue weighted by atomic mass is 10.00. The third-order valence-electron chi connectivity index (χ3n) is 2.30. The molecule has 1 aliphatic rings.